The van der Waals surface area contributed by atoms with E-state index in [0.717, 1.165) is 34.0 Å². The second-order valence-corrected chi connectivity index (χ2v) is 9.39. The molecule has 8 heteroatoms. The number of carbonyl (C=O) groups excluding carboxylic acids is 1. The Labute approximate surface area is 177 Å². The predicted molar refractivity (Wildman–Crippen MR) is 116 cm³/mol. The first-order valence-corrected chi connectivity index (χ1v) is 11.5. The number of carbonyl (C=O) groups is 1. The molecule has 4 rings (SSSR count). The molecule has 6 nitrogen and oxygen atoms in total. The number of nitrogens with one attached hydrogen (secondary N) is 1. The van der Waals surface area contributed by atoms with Crippen LogP contribution in [0.4, 0.5) is 5.69 Å². The lowest BCUT2D eigenvalue weighted by molar-refractivity contribution is -0.762. The molecule has 0 unspecified atom stereocenters. The fourth-order valence-corrected chi connectivity index (χ4v) is 5.43. The Hall–Kier alpha value is -2.45. The average Bonchev–Trinajstić information content (AvgIpc) is 3.12. The van der Waals surface area contributed by atoms with Crippen LogP contribution < -0.4 is 15.1 Å². The molecule has 0 fully saturated rings. The molecular formula is C21H23N4O2S2+. The molecule has 3 heterocycles. The highest BCUT2D eigenvalue weighted by atomic mass is 32.2. The van der Waals surface area contributed by atoms with Crippen LogP contribution in [0.25, 0.3) is 11.3 Å². The number of amides is 1. The number of H-pyrrole nitrogens is 1. The molecule has 1 amide bonds. The van der Waals surface area contributed by atoms with Crippen LogP contribution in [0.1, 0.15) is 42.6 Å². The van der Waals surface area contributed by atoms with Crippen molar-refractivity contribution < 1.29 is 9.48 Å². The Kier molecular flexibility index (Phi) is 5.56. The van der Waals surface area contributed by atoms with Gasteiger partial charge >= 0.3 is 17.4 Å². The molecular weight excluding hydrogens is 404 g/mol. The molecule has 29 heavy (non-hydrogen) atoms. The van der Waals surface area contributed by atoms with Gasteiger partial charge in [-0.1, -0.05) is 37.2 Å². The van der Waals surface area contributed by atoms with Crippen molar-refractivity contribution in [2.45, 2.75) is 44.9 Å². The van der Waals surface area contributed by atoms with Gasteiger partial charge in [0, 0.05) is 22.7 Å². The number of thioether (sulfide) groups is 1. The molecule has 150 valence electrons. The van der Waals surface area contributed by atoms with Gasteiger partial charge in [-0.25, -0.2) is 4.90 Å². The summed E-state index contributed by atoms with van der Waals surface area (Å²) in [7, 11) is 0. The van der Waals surface area contributed by atoms with Gasteiger partial charge in [0.15, 0.2) is 0 Å². The van der Waals surface area contributed by atoms with Crippen LogP contribution in [0.5, 0.6) is 0 Å². The average molecular weight is 428 g/mol. The molecule has 2 aromatic heterocycles. The molecule has 0 saturated heterocycles. The Balaban J connectivity index is 1.96. The Morgan fingerprint density at radius 2 is 2.10 bits per heavy atom. The lowest BCUT2D eigenvalue weighted by atomic mass is 10.0. The normalized spacial score (nSPS) is 15.1. The first-order valence-electron chi connectivity index (χ1n) is 9.65. The summed E-state index contributed by atoms with van der Waals surface area (Å²) in [6.45, 7) is 5.72. The molecule has 0 radical (unpaired) electrons. The number of anilines is 1. The number of hydrogen-bond donors (Lipinski definition) is 1. The molecule has 3 aromatic rings. The van der Waals surface area contributed by atoms with Crippen LogP contribution in [0.2, 0.25) is 0 Å². The van der Waals surface area contributed by atoms with Crippen LogP contribution >= 0.6 is 23.1 Å². The van der Waals surface area contributed by atoms with Crippen molar-refractivity contribution in [3.8, 4) is 11.3 Å². The summed E-state index contributed by atoms with van der Waals surface area (Å²) in [4.78, 5) is 32.6. The van der Waals surface area contributed by atoms with Crippen molar-refractivity contribution in [3.05, 3.63) is 56.5 Å². The van der Waals surface area contributed by atoms with Crippen molar-refractivity contribution in [1.82, 2.24) is 10.1 Å². The topological polar surface area (TPSA) is 69.9 Å². The summed E-state index contributed by atoms with van der Waals surface area (Å²) < 4.78 is 1.72. The monoisotopic (exact) mass is 427 g/mol. The Bertz CT molecular complexity index is 1120. The van der Waals surface area contributed by atoms with E-state index in [4.69, 9.17) is 5.10 Å². The zero-order valence-electron chi connectivity index (χ0n) is 16.6. The maximum Gasteiger partial charge on any atom is 0.325 e. The van der Waals surface area contributed by atoms with Crippen molar-refractivity contribution in [2.24, 2.45) is 0 Å². The van der Waals surface area contributed by atoms with E-state index in [1.807, 2.05) is 43.3 Å². The zero-order chi connectivity index (χ0) is 20.5. The van der Waals surface area contributed by atoms with E-state index < -0.39 is 6.17 Å². The molecule has 0 aliphatic carbocycles. The second-order valence-electron chi connectivity index (χ2n) is 6.98. The van der Waals surface area contributed by atoms with Gasteiger partial charge in [-0.15, -0.1) is 11.3 Å². The minimum Gasteiger partial charge on any atom is -0.291 e. The van der Waals surface area contributed by atoms with E-state index >= 15 is 0 Å². The predicted octanol–water partition coefficient (Wildman–Crippen LogP) is 3.90. The summed E-state index contributed by atoms with van der Waals surface area (Å²) in [6, 6.07) is 11.6. The number of para-hydroxylation sites is 1. The van der Waals surface area contributed by atoms with Crippen LogP contribution in [0.3, 0.4) is 0 Å². The van der Waals surface area contributed by atoms with Gasteiger partial charge in [-0.2, -0.15) is 0 Å². The highest BCUT2D eigenvalue weighted by molar-refractivity contribution is 7.99. The summed E-state index contributed by atoms with van der Waals surface area (Å²) in [5, 5.41) is 5.36. The van der Waals surface area contributed by atoms with Crippen molar-refractivity contribution in [1.29, 1.82) is 0 Å². The lowest BCUT2D eigenvalue weighted by Gasteiger charge is -2.30. The third-order valence-corrected chi connectivity index (χ3v) is 6.84. The standard InChI is InChI=1S/C21H22N4O2S2/c1-4-5-12-28-21-22-19(27)18-15-8-6-7-9-16(15)24(14(3)26)20(25(18)23-21)17-11-10-13(2)29-17/h6-11,20H,4-5,12H2,1-3H3/p+1/t20-/m0/s1. The van der Waals surface area contributed by atoms with Gasteiger partial charge in [0.2, 0.25) is 11.1 Å². The Morgan fingerprint density at radius 1 is 1.31 bits per heavy atom. The second kappa shape index (κ2) is 8.12. The molecule has 0 saturated carbocycles. The maximum atomic E-state index is 13.1. The van der Waals surface area contributed by atoms with E-state index in [-0.39, 0.29) is 11.5 Å². The summed E-state index contributed by atoms with van der Waals surface area (Å²) in [5.74, 6) is 0.795. The van der Waals surface area contributed by atoms with E-state index in [2.05, 4.69) is 11.9 Å². The van der Waals surface area contributed by atoms with E-state index in [1.165, 1.54) is 11.8 Å². The highest BCUT2D eigenvalue weighted by Gasteiger charge is 2.45. The molecule has 1 aliphatic rings. The molecule has 0 bridgehead atoms. The fourth-order valence-electron chi connectivity index (χ4n) is 3.54. The van der Waals surface area contributed by atoms with Gasteiger partial charge in [0.25, 0.3) is 0 Å². The molecule has 1 N–H and O–H groups in total. The number of fused-ring (bicyclic) bond motifs is 3. The number of unbranched alkanes of at least 4 members (excludes halogenated alkanes) is 1. The fraction of sp³-hybridized carbons (Fsp3) is 0.333. The first-order chi connectivity index (χ1) is 14.0. The number of aromatic nitrogens is 3. The summed E-state index contributed by atoms with van der Waals surface area (Å²) in [6.07, 6.45) is 1.65. The van der Waals surface area contributed by atoms with Gasteiger partial charge in [0.05, 0.1) is 16.1 Å². The highest BCUT2D eigenvalue weighted by Crippen LogP contribution is 2.38. The Morgan fingerprint density at radius 3 is 2.79 bits per heavy atom. The van der Waals surface area contributed by atoms with Crippen LogP contribution in [0.15, 0.2) is 46.3 Å². The smallest absolute Gasteiger partial charge is 0.291 e. The largest absolute Gasteiger partial charge is 0.325 e. The van der Waals surface area contributed by atoms with Gasteiger partial charge in [-0.05, 0) is 42.3 Å². The van der Waals surface area contributed by atoms with Crippen molar-refractivity contribution in [2.75, 3.05) is 10.7 Å². The first kappa shape index (κ1) is 19.8. The van der Waals surface area contributed by atoms with Crippen LogP contribution in [-0.4, -0.2) is 21.7 Å². The number of nitrogens with zero attached hydrogens (tertiary/aromatic N) is 3. The van der Waals surface area contributed by atoms with E-state index in [0.29, 0.717) is 16.4 Å². The number of hydrogen-bond acceptors (Lipinski definition) is 5. The third kappa shape index (κ3) is 3.62. The van der Waals surface area contributed by atoms with E-state index in [1.54, 1.807) is 27.8 Å². The van der Waals surface area contributed by atoms with Crippen molar-refractivity contribution in [3.63, 3.8) is 0 Å². The summed E-state index contributed by atoms with van der Waals surface area (Å²) >= 11 is 3.15. The molecule has 0 spiro atoms. The summed E-state index contributed by atoms with van der Waals surface area (Å²) in [5.41, 5.74) is 1.74. The number of aryl methyl sites for hydroxylation is 1. The number of thiophene rings is 1. The molecule has 1 aromatic carbocycles. The number of benzene rings is 1. The maximum absolute atomic E-state index is 13.1. The van der Waals surface area contributed by atoms with Gasteiger partial charge < -0.3 is 0 Å². The van der Waals surface area contributed by atoms with E-state index in [9.17, 15) is 9.59 Å². The van der Waals surface area contributed by atoms with Gasteiger partial charge in [0.1, 0.15) is 0 Å². The zero-order valence-corrected chi connectivity index (χ0v) is 18.3. The molecule has 1 aliphatic heterocycles. The molecule has 1 atom stereocenters. The third-order valence-electron chi connectivity index (χ3n) is 4.85. The lowest BCUT2D eigenvalue weighted by Crippen LogP contribution is -2.60. The number of rotatable bonds is 5. The van der Waals surface area contributed by atoms with Crippen LogP contribution in [0, 0.1) is 6.92 Å². The van der Waals surface area contributed by atoms with Crippen LogP contribution in [-0.2, 0) is 4.79 Å². The minimum atomic E-state index is -0.482. The van der Waals surface area contributed by atoms with Gasteiger partial charge in [-0.3, -0.25) is 14.6 Å². The number of aromatic amines is 1. The minimum absolute atomic E-state index is 0.0890. The van der Waals surface area contributed by atoms with Crippen molar-refractivity contribution >= 4 is 34.7 Å². The SMILES string of the molecule is CCCCSc1n[n+]2c(c(=O)[nH]1)-c1ccccc1N(C(C)=O)[C@@H]2c1ccc(C)s1. The quantitative estimate of drug-likeness (QED) is 0.381.